The molecule has 25 heavy (non-hydrogen) atoms. The van der Waals surface area contributed by atoms with E-state index in [2.05, 4.69) is 5.32 Å². The smallest absolute Gasteiger partial charge is 0.336 e. The number of para-hydroxylation sites is 1. The molecule has 1 aromatic heterocycles. The summed E-state index contributed by atoms with van der Waals surface area (Å²) in [6.45, 7) is 3.35. The van der Waals surface area contributed by atoms with Crippen molar-refractivity contribution < 1.29 is 19.6 Å². The third kappa shape index (κ3) is 3.67. The van der Waals surface area contributed by atoms with Crippen LogP contribution in [0.4, 0.5) is 0 Å². The average molecular weight is 340 g/mol. The lowest BCUT2D eigenvalue weighted by molar-refractivity contribution is -0.686. The van der Waals surface area contributed by atoms with Crippen molar-refractivity contribution in [1.29, 1.82) is 0 Å². The van der Waals surface area contributed by atoms with E-state index in [1.165, 1.54) is 12.1 Å². The number of ether oxygens (including phenoxy) is 1. The molecule has 0 unspecified atom stereocenters. The van der Waals surface area contributed by atoms with E-state index in [1.54, 1.807) is 7.11 Å². The normalized spacial score (nSPS) is 11.0. The molecule has 3 aromatic rings. The first-order chi connectivity index (χ1) is 12.1. The summed E-state index contributed by atoms with van der Waals surface area (Å²) in [7, 11) is 1.66. The summed E-state index contributed by atoms with van der Waals surface area (Å²) >= 11 is 0. The Morgan fingerprint density at radius 2 is 1.84 bits per heavy atom. The van der Waals surface area contributed by atoms with Gasteiger partial charge in [-0.3, -0.25) is 0 Å². The quantitative estimate of drug-likeness (QED) is 0.675. The molecule has 0 aliphatic rings. The van der Waals surface area contributed by atoms with Crippen molar-refractivity contribution in [2.45, 2.75) is 26.4 Å². The average Bonchev–Trinajstić information content (AvgIpc) is 2.61. The molecule has 130 valence electrons. The number of hydrogen-bond donors (Lipinski definition) is 2. The number of hydrogen-bond acceptors (Lipinski definition) is 4. The topological polar surface area (TPSA) is 76.3 Å². The highest BCUT2D eigenvalue weighted by molar-refractivity contribution is 5.82. The van der Waals surface area contributed by atoms with Crippen LogP contribution in [0.2, 0.25) is 0 Å². The number of rotatable bonds is 6. The number of methoxy groups -OCH3 is 1. The summed E-state index contributed by atoms with van der Waals surface area (Å²) in [6, 6.07) is 12.8. The molecule has 0 spiro atoms. The second kappa shape index (κ2) is 7.40. The minimum absolute atomic E-state index is 0.160. The molecule has 0 saturated carbocycles. The van der Waals surface area contributed by atoms with E-state index >= 15 is 0 Å². The lowest BCUT2D eigenvalue weighted by Crippen LogP contribution is -2.80. The molecule has 3 N–H and O–H groups in total. The summed E-state index contributed by atoms with van der Waals surface area (Å²) in [6.07, 6.45) is 0.714. The third-order valence-corrected chi connectivity index (χ3v) is 4.33. The highest BCUT2D eigenvalue weighted by Gasteiger charge is 2.12. The molecule has 0 atom stereocenters. The summed E-state index contributed by atoms with van der Waals surface area (Å²) in [4.78, 5) is 11.8. The van der Waals surface area contributed by atoms with Gasteiger partial charge in [-0.25, -0.2) is 4.79 Å². The van der Waals surface area contributed by atoms with E-state index in [0.717, 1.165) is 34.4 Å². The summed E-state index contributed by atoms with van der Waals surface area (Å²) in [5, 5.41) is 13.0. The zero-order valence-corrected chi connectivity index (χ0v) is 14.4. The highest BCUT2D eigenvalue weighted by Crippen LogP contribution is 2.26. The van der Waals surface area contributed by atoms with Gasteiger partial charge in [0.25, 0.3) is 0 Å². The van der Waals surface area contributed by atoms with Crippen LogP contribution < -0.4 is 15.7 Å². The van der Waals surface area contributed by atoms with Crippen molar-refractivity contribution in [1.82, 2.24) is 0 Å². The Morgan fingerprint density at radius 1 is 1.08 bits per heavy atom. The van der Waals surface area contributed by atoms with Crippen LogP contribution in [0, 0.1) is 0 Å². The van der Waals surface area contributed by atoms with Gasteiger partial charge in [-0.05, 0) is 30.2 Å². The van der Waals surface area contributed by atoms with Crippen LogP contribution in [0.15, 0.2) is 51.7 Å². The van der Waals surface area contributed by atoms with Crippen molar-refractivity contribution in [3.63, 3.8) is 0 Å². The first-order valence-electron chi connectivity index (χ1n) is 8.34. The molecule has 0 aliphatic heterocycles. The first-order valence-corrected chi connectivity index (χ1v) is 8.34. The molecule has 2 aromatic carbocycles. The number of aryl methyl sites for hydroxylation is 1. The zero-order valence-electron chi connectivity index (χ0n) is 14.4. The molecule has 5 nitrogen and oxygen atoms in total. The van der Waals surface area contributed by atoms with Gasteiger partial charge in [-0.15, -0.1) is 0 Å². The van der Waals surface area contributed by atoms with Crippen LogP contribution in [-0.4, -0.2) is 12.2 Å². The number of benzene rings is 2. The summed E-state index contributed by atoms with van der Waals surface area (Å²) < 4.78 is 10.6. The van der Waals surface area contributed by atoms with Crippen LogP contribution in [0.5, 0.6) is 11.5 Å². The number of phenols is 1. The zero-order chi connectivity index (χ0) is 17.8. The van der Waals surface area contributed by atoms with Crippen molar-refractivity contribution in [2.24, 2.45) is 0 Å². The molecular weight excluding hydrogens is 318 g/mol. The lowest BCUT2D eigenvalue weighted by Gasteiger charge is -2.09. The Hall–Kier alpha value is -2.79. The molecule has 5 heteroatoms. The van der Waals surface area contributed by atoms with Crippen molar-refractivity contribution in [2.75, 3.05) is 7.11 Å². The van der Waals surface area contributed by atoms with Crippen LogP contribution in [0.3, 0.4) is 0 Å². The van der Waals surface area contributed by atoms with Gasteiger partial charge >= 0.3 is 5.63 Å². The van der Waals surface area contributed by atoms with Crippen LogP contribution in [-0.2, 0) is 19.5 Å². The maximum Gasteiger partial charge on any atom is 0.336 e. The summed E-state index contributed by atoms with van der Waals surface area (Å²) in [5.74, 6) is 1.02. The fourth-order valence-electron chi connectivity index (χ4n) is 3.01. The van der Waals surface area contributed by atoms with Crippen molar-refractivity contribution >= 4 is 11.0 Å². The Labute approximate surface area is 145 Å². The molecule has 0 radical (unpaired) electrons. The fourth-order valence-corrected chi connectivity index (χ4v) is 3.01. The minimum Gasteiger partial charge on any atom is -0.508 e. The molecule has 1 heterocycles. The number of fused-ring (bicyclic) bond motifs is 1. The van der Waals surface area contributed by atoms with E-state index in [0.29, 0.717) is 18.5 Å². The Balaban J connectivity index is 1.87. The molecule has 0 fully saturated rings. The highest BCUT2D eigenvalue weighted by atomic mass is 16.5. The van der Waals surface area contributed by atoms with Gasteiger partial charge in [0, 0.05) is 28.6 Å². The maximum absolute atomic E-state index is 11.8. The molecule has 0 amide bonds. The van der Waals surface area contributed by atoms with Gasteiger partial charge in [0.05, 0.1) is 7.11 Å². The SMILES string of the molecule is CCc1cc2c(C[NH2+]Cc3ccccc3OC)cc(=O)oc2cc1O. The second-order valence-corrected chi connectivity index (χ2v) is 5.93. The standard InChI is InChI=1S/C20H21NO4/c1-3-13-8-16-15(9-20(23)25-19(16)10-17(13)22)12-21-11-14-6-4-5-7-18(14)24-2/h4-10,21-22H,3,11-12H2,1-2H3/p+1. The fraction of sp³-hybridized carbons (Fsp3) is 0.250. The van der Waals surface area contributed by atoms with Crippen LogP contribution >= 0.6 is 0 Å². The van der Waals surface area contributed by atoms with Crippen LogP contribution in [0.1, 0.15) is 23.6 Å². The predicted molar refractivity (Wildman–Crippen MR) is 95.9 cm³/mol. The Kier molecular flexibility index (Phi) is 5.05. The monoisotopic (exact) mass is 340 g/mol. The van der Waals surface area contributed by atoms with Gasteiger partial charge in [-0.2, -0.15) is 0 Å². The molecular formula is C20H22NO4+. The molecule has 3 rings (SSSR count). The summed E-state index contributed by atoms with van der Waals surface area (Å²) in [5.41, 5.74) is 2.85. The third-order valence-electron chi connectivity index (χ3n) is 4.33. The minimum atomic E-state index is -0.406. The largest absolute Gasteiger partial charge is 0.508 e. The van der Waals surface area contributed by atoms with E-state index in [-0.39, 0.29) is 5.75 Å². The van der Waals surface area contributed by atoms with E-state index in [1.807, 2.05) is 37.3 Å². The predicted octanol–water partition coefficient (Wildman–Crippen LogP) is 2.33. The maximum atomic E-state index is 11.8. The Morgan fingerprint density at radius 3 is 2.60 bits per heavy atom. The van der Waals surface area contributed by atoms with Gasteiger partial charge < -0.3 is 19.6 Å². The van der Waals surface area contributed by atoms with Crippen LogP contribution in [0.25, 0.3) is 11.0 Å². The molecule has 0 aliphatic carbocycles. The second-order valence-electron chi connectivity index (χ2n) is 5.93. The number of nitrogens with two attached hydrogens (primary N) is 1. The van der Waals surface area contributed by atoms with E-state index in [4.69, 9.17) is 9.15 Å². The number of aromatic hydroxyl groups is 1. The molecule has 0 bridgehead atoms. The number of phenolic OH excluding ortho intramolecular Hbond substituents is 1. The van der Waals surface area contributed by atoms with E-state index < -0.39 is 5.63 Å². The van der Waals surface area contributed by atoms with Gasteiger partial charge in [0.1, 0.15) is 30.2 Å². The van der Waals surface area contributed by atoms with E-state index in [9.17, 15) is 9.90 Å². The number of quaternary nitrogens is 1. The van der Waals surface area contributed by atoms with Gasteiger partial charge in [-0.1, -0.05) is 19.1 Å². The van der Waals surface area contributed by atoms with Crippen molar-refractivity contribution in [3.8, 4) is 11.5 Å². The lowest BCUT2D eigenvalue weighted by atomic mass is 10.0. The molecule has 0 saturated heterocycles. The van der Waals surface area contributed by atoms with Gasteiger partial charge in [0.2, 0.25) is 0 Å². The Bertz CT molecular complexity index is 946. The van der Waals surface area contributed by atoms with Gasteiger partial charge in [0.15, 0.2) is 0 Å². The van der Waals surface area contributed by atoms with Crippen molar-refractivity contribution in [3.05, 3.63) is 69.6 Å². The first kappa shape index (κ1) is 17.0.